The Kier molecular flexibility index (Phi) is 6.49. The lowest BCUT2D eigenvalue weighted by atomic mass is 10.1. The predicted molar refractivity (Wildman–Crippen MR) is 55.2 cm³/mol. The van der Waals surface area contributed by atoms with Crippen LogP contribution in [0.3, 0.4) is 0 Å². The van der Waals surface area contributed by atoms with Crippen LogP contribution in [-0.4, -0.2) is 38.4 Å². The fourth-order valence-corrected chi connectivity index (χ4v) is 0.974. The summed E-state index contributed by atoms with van der Waals surface area (Å²) in [5.41, 5.74) is -0.186. The highest BCUT2D eigenvalue weighted by Crippen LogP contribution is 2.13. The average Bonchev–Trinajstić information content (AvgIpc) is 2.09. The number of methoxy groups -OCH3 is 1. The van der Waals surface area contributed by atoms with Crippen molar-refractivity contribution in [1.82, 2.24) is 5.32 Å². The standard InChI is InChI=1S/C10H21NO3/c1-9(12)11-6-8-14-10(2,3)5-7-13-4/h5-8H2,1-4H3,(H,11,12). The van der Waals surface area contributed by atoms with Crippen molar-refractivity contribution in [3.05, 3.63) is 0 Å². The summed E-state index contributed by atoms with van der Waals surface area (Å²) in [4.78, 5) is 10.6. The van der Waals surface area contributed by atoms with Crippen molar-refractivity contribution >= 4 is 5.91 Å². The molecule has 1 amide bonds. The third kappa shape index (κ3) is 8.01. The van der Waals surface area contributed by atoms with Crippen molar-refractivity contribution in [1.29, 1.82) is 0 Å². The molecule has 1 N–H and O–H groups in total. The molecule has 0 heterocycles. The molecule has 0 fully saturated rings. The molecular formula is C10H21NO3. The van der Waals surface area contributed by atoms with Crippen molar-refractivity contribution in [3.63, 3.8) is 0 Å². The van der Waals surface area contributed by atoms with Crippen LogP contribution in [0.25, 0.3) is 0 Å². The fraction of sp³-hybridized carbons (Fsp3) is 0.900. The first-order valence-corrected chi connectivity index (χ1v) is 4.85. The summed E-state index contributed by atoms with van der Waals surface area (Å²) in [7, 11) is 1.67. The van der Waals surface area contributed by atoms with Crippen LogP contribution in [0.1, 0.15) is 27.2 Å². The third-order valence-corrected chi connectivity index (χ3v) is 1.88. The lowest BCUT2D eigenvalue weighted by molar-refractivity contribution is -0.119. The van der Waals surface area contributed by atoms with Crippen LogP contribution in [0.4, 0.5) is 0 Å². The molecule has 84 valence electrons. The Hall–Kier alpha value is -0.610. The van der Waals surface area contributed by atoms with Crippen molar-refractivity contribution in [2.24, 2.45) is 0 Å². The van der Waals surface area contributed by atoms with E-state index in [-0.39, 0.29) is 11.5 Å². The molecule has 0 radical (unpaired) electrons. The molecule has 4 heteroatoms. The molecular weight excluding hydrogens is 182 g/mol. The first kappa shape index (κ1) is 13.4. The molecule has 0 aliphatic rings. The number of carbonyl (C=O) groups is 1. The van der Waals surface area contributed by atoms with E-state index >= 15 is 0 Å². The van der Waals surface area contributed by atoms with Gasteiger partial charge in [-0.1, -0.05) is 0 Å². The van der Waals surface area contributed by atoms with E-state index in [1.54, 1.807) is 7.11 Å². The number of carbonyl (C=O) groups excluding carboxylic acids is 1. The molecule has 0 atom stereocenters. The van der Waals surface area contributed by atoms with Gasteiger partial charge in [-0.3, -0.25) is 4.79 Å². The van der Waals surface area contributed by atoms with Crippen molar-refractivity contribution in [2.45, 2.75) is 32.8 Å². The van der Waals surface area contributed by atoms with Gasteiger partial charge < -0.3 is 14.8 Å². The van der Waals surface area contributed by atoms with Gasteiger partial charge in [0.15, 0.2) is 0 Å². The summed E-state index contributed by atoms with van der Waals surface area (Å²) in [6.07, 6.45) is 0.851. The minimum atomic E-state index is -0.186. The van der Waals surface area contributed by atoms with Crippen molar-refractivity contribution < 1.29 is 14.3 Å². The van der Waals surface area contributed by atoms with Crippen LogP contribution in [-0.2, 0) is 14.3 Å². The van der Waals surface area contributed by atoms with E-state index in [9.17, 15) is 4.79 Å². The highest BCUT2D eigenvalue weighted by molar-refractivity contribution is 5.72. The van der Waals surface area contributed by atoms with E-state index in [1.807, 2.05) is 13.8 Å². The van der Waals surface area contributed by atoms with Crippen LogP contribution < -0.4 is 5.32 Å². The van der Waals surface area contributed by atoms with E-state index in [0.29, 0.717) is 19.8 Å². The second kappa shape index (κ2) is 6.79. The maximum absolute atomic E-state index is 10.6. The number of ether oxygens (including phenoxy) is 2. The predicted octanol–water partition coefficient (Wildman–Crippen LogP) is 0.954. The Labute approximate surface area is 86.0 Å². The van der Waals surface area contributed by atoms with Crippen LogP contribution >= 0.6 is 0 Å². The molecule has 0 spiro atoms. The zero-order chi connectivity index (χ0) is 11.0. The van der Waals surface area contributed by atoms with E-state index in [2.05, 4.69) is 5.32 Å². The van der Waals surface area contributed by atoms with Crippen LogP contribution in [0.2, 0.25) is 0 Å². The SMILES string of the molecule is COCCC(C)(C)OCCNC(C)=O. The molecule has 0 saturated heterocycles. The average molecular weight is 203 g/mol. The number of hydrogen-bond donors (Lipinski definition) is 1. The molecule has 14 heavy (non-hydrogen) atoms. The van der Waals surface area contributed by atoms with Gasteiger partial charge in [0, 0.05) is 27.2 Å². The van der Waals surface area contributed by atoms with Crippen molar-refractivity contribution in [3.8, 4) is 0 Å². The Morgan fingerprint density at radius 2 is 2.00 bits per heavy atom. The van der Waals surface area contributed by atoms with Gasteiger partial charge in [-0.05, 0) is 20.3 Å². The summed E-state index contributed by atoms with van der Waals surface area (Å²) in [5.74, 6) is -0.0247. The maximum Gasteiger partial charge on any atom is 0.216 e. The quantitative estimate of drug-likeness (QED) is 0.627. The first-order valence-electron chi connectivity index (χ1n) is 4.85. The van der Waals surface area contributed by atoms with Crippen LogP contribution in [0.5, 0.6) is 0 Å². The summed E-state index contributed by atoms with van der Waals surface area (Å²) < 4.78 is 10.6. The molecule has 0 aromatic carbocycles. The molecule has 0 aliphatic heterocycles. The van der Waals surface area contributed by atoms with Gasteiger partial charge in [0.05, 0.1) is 12.2 Å². The molecule has 0 rings (SSSR count). The van der Waals surface area contributed by atoms with Gasteiger partial charge in [-0.2, -0.15) is 0 Å². The van der Waals surface area contributed by atoms with E-state index in [1.165, 1.54) is 6.92 Å². The zero-order valence-corrected chi connectivity index (χ0v) is 9.55. The van der Waals surface area contributed by atoms with Gasteiger partial charge in [0.1, 0.15) is 0 Å². The van der Waals surface area contributed by atoms with E-state index < -0.39 is 0 Å². The monoisotopic (exact) mass is 203 g/mol. The molecule has 0 saturated carbocycles. The Bertz CT molecular complexity index is 169. The van der Waals surface area contributed by atoms with Gasteiger partial charge >= 0.3 is 0 Å². The molecule has 0 aliphatic carbocycles. The zero-order valence-electron chi connectivity index (χ0n) is 9.55. The topological polar surface area (TPSA) is 47.6 Å². The van der Waals surface area contributed by atoms with Gasteiger partial charge in [-0.25, -0.2) is 0 Å². The highest BCUT2D eigenvalue weighted by atomic mass is 16.5. The number of hydrogen-bond acceptors (Lipinski definition) is 3. The minimum absolute atomic E-state index is 0.0247. The Balaban J connectivity index is 3.49. The Morgan fingerprint density at radius 3 is 2.50 bits per heavy atom. The second-order valence-corrected chi connectivity index (χ2v) is 3.83. The normalized spacial score (nSPS) is 11.4. The van der Waals surface area contributed by atoms with Gasteiger partial charge in [0.2, 0.25) is 5.91 Å². The number of amides is 1. The van der Waals surface area contributed by atoms with Crippen molar-refractivity contribution in [2.75, 3.05) is 26.9 Å². The summed E-state index contributed by atoms with van der Waals surface area (Å²) in [6.45, 7) is 7.31. The highest BCUT2D eigenvalue weighted by Gasteiger charge is 2.17. The number of rotatable bonds is 7. The summed E-state index contributed by atoms with van der Waals surface area (Å²) >= 11 is 0. The second-order valence-electron chi connectivity index (χ2n) is 3.83. The molecule has 0 aromatic rings. The van der Waals surface area contributed by atoms with E-state index in [0.717, 1.165) is 6.42 Å². The lowest BCUT2D eigenvalue weighted by Gasteiger charge is -2.24. The summed E-state index contributed by atoms with van der Waals surface area (Å²) in [6, 6.07) is 0. The largest absolute Gasteiger partial charge is 0.385 e. The molecule has 0 aromatic heterocycles. The molecule has 4 nitrogen and oxygen atoms in total. The molecule has 0 bridgehead atoms. The Morgan fingerprint density at radius 1 is 1.36 bits per heavy atom. The summed E-state index contributed by atoms with van der Waals surface area (Å²) in [5, 5.41) is 2.68. The molecule has 0 unspecified atom stereocenters. The van der Waals surface area contributed by atoms with Crippen LogP contribution in [0.15, 0.2) is 0 Å². The fourth-order valence-electron chi connectivity index (χ4n) is 0.974. The maximum atomic E-state index is 10.6. The van der Waals surface area contributed by atoms with Crippen LogP contribution in [0, 0.1) is 0 Å². The van der Waals surface area contributed by atoms with Gasteiger partial charge in [-0.15, -0.1) is 0 Å². The number of nitrogens with one attached hydrogen (secondary N) is 1. The smallest absolute Gasteiger partial charge is 0.216 e. The lowest BCUT2D eigenvalue weighted by Crippen LogP contribution is -2.31. The van der Waals surface area contributed by atoms with Gasteiger partial charge in [0.25, 0.3) is 0 Å². The minimum Gasteiger partial charge on any atom is -0.385 e. The first-order chi connectivity index (χ1) is 6.48. The van der Waals surface area contributed by atoms with E-state index in [4.69, 9.17) is 9.47 Å². The third-order valence-electron chi connectivity index (χ3n) is 1.88.